The largest absolute Gasteiger partial charge is 0.325 e. The van der Waals surface area contributed by atoms with Crippen molar-refractivity contribution < 1.29 is 4.79 Å². The van der Waals surface area contributed by atoms with Crippen molar-refractivity contribution in [3.8, 4) is 0 Å². The molecule has 1 aliphatic carbocycles. The Morgan fingerprint density at radius 3 is 2.65 bits per heavy atom. The highest BCUT2D eigenvalue weighted by Gasteiger charge is 2.38. The first-order chi connectivity index (χ1) is 11.8. The second-order valence-electron chi connectivity index (χ2n) is 6.89. The maximum Gasteiger partial charge on any atom is 0.241 e. The second kappa shape index (κ2) is 9.35. The molecule has 2 fully saturated rings. The van der Waals surface area contributed by atoms with Gasteiger partial charge < -0.3 is 10.6 Å². The predicted molar refractivity (Wildman–Crippen MR) is 106 cm³/mol. The number of anilines is 1. The van der Waals surface area contributed by atoms with Gasteiger partial charge in [0, 0.05) is 11.7 Å². The summed E-state index contributed by atoms with van der Waals surface area (Å²) in [4.78, 5) is 16.4. The highest BCUT2D eigenvalue weighted by Crippen LogP contribution is 2.33. The zero-order valence-electron chi connectivity index (χ0n) is 14.5. The van der Waals surface area contributed by atoms with E-state index >= 15 is 0 Å². The number of nitrogens with one attached hydrogen (secondary N) is 2. The molecular formula is C18H25Cl2N5O. The summed E-state index contributed by atoms with van der Waals surface area (Å²) in [5.74, 6) is 0.771. The summed E-state index contributed by atoms with van der Waals surface area (Å²) in [6.07, 6.45) is 9.27. The van der Waals surface area contributed by atoms with Gasteiger partial charge in [-0.3, -0.25) is 4.79 Å². The van der Waals surface area contributed by atoms with Crippen molar-refractivity contribution in [3.05, 3.63) is 42.5 Å². The van der Waals surface area contributed by atoms with Crippen molar-refractivity contribution in [2.24, 2.45) is 5.92 Å². The van der Waals surface area contributed by atoms with E-state index in [-0.39, 0.29) is 36.8 Å². The molecule has 3 unspecified atom stereocenters. The van der Waals surface area contributed by atoms with E-state index in [1.54, 1.807) is 11.0 Å². The Hall–Kier alpha value is -1.63. The first-order valence-electron chi connectivity index (χ1n) is 8.76. The molecule has 6 nitrogen and oxygen atoms in total. The number of rotatable bonds is 4. The smallest absolute Gasteiger partial charge is 0.241 e. The van der Waals surface area contributed by atoms with E-state index in [2.05, 4.69) is 20.7 Å². The molecule has 1 amide bonds. The number of halogens is 2. The Labute approximate surface area is 166 Å². The fourth-order valence-corrected chi connectivity index (χ4v) is 3.95. The highest BCUT2D eigenvalue weighted by molar-refractivity contribution is 5.95. The molecule has 2 heterocycles. The zero-order chi connectivity index (χ0) is 16.4. The molecule has 2 aromatic rings. The summed E-state index contributed by atoms with van der Waals surface area (Å²) in [5.41, 5.74) is 1.97. The number of amides is 1. The molecule has 4 rings (SSSR count). The van der Waals surface area contributed by atoms with Gasteiger partial charge in [-0.1, -0.05) is 25.0 Å². The molecule has 1 saturated carbocycles. The van der Waals surface area contributed by atoms with Gasteiger partial charge in [0.1, 0.15) is 12.7 Å². The molecule has 1 saturated heterocycles. The summed E-state index contributed by atoms with van der Waals surface area (Å²) in [6.45, 7) is 0.682. The Kier molecular flexibility index (Phi) is 7.43. The molecule has 2 N–H and O–H groups in total. The number of aromatic nitrogens is 3. The highest BCUT2D eigenvalue weighted by atomic mass is 35.5. The second-order valence-corrected chi connectivity index (χ2v) is 6.89. The van der Waals surface area contributed by atoms with Crippen molar-refractivity contribution >= 4 is 36.4 Å². The van der Waals surface area contributed by atoms with E-state index in [0.717, 1.165) is 17.7 Å². The average molecular weight is 398 g/mol. The topological polar surface area (TPSA) is 71.8 Å². The monoisotopic (exact) mass is 397 g/mol. The molecule has 1 aliphatic heterocycles. The third kappa shape index (κ3) is 4.75. The maximum absolute atomic E-state index is 12.5. The number of carbonyl (C=O) groups excluding carboxylic acids is 1. The lowest BCUT2D eigenvalue weighted by Gasteiger charge is -2.24. The Morgan fingerprint density at radius 2 is 1.96 bits per heavy atom. The van der Waals surface area contributed by atoms with Crippen LogP contribution in [0.5, 0.6) is 0 Å². The molecule has 3 atom stereocenters. The van der Waals surface area contributed by atoms with E-state index in [9.17, 15) is 4.79 Å². The number of benzene rings is 1. The Morgan fingerprint density at radius 1 is 1.19 bits per heavy atom. The molecular weight excluding hydrogens is 373 g/mol. The Balaban J connectivity index is 0.00000121. The van der Waals surface area contributed by atoms with Gasteiger partial charge in [-0.2, -0.15) is 5.10 Å². The summed E-state index contributed by atoms with van der Waals surface area (Å²) in [6, 6.07) is 8.42. The average Bonchev–Trinajstić information content (AvgIpc) is 3.25. The van der Waals surface area contributed by atoms with Crippen LogP contribution in [0.1, 0.15) is 37.7 Å². The van der Waals surface area contributed by atoms with E-state index in [1.807, 2.05) is 24.3 Å². The number of fused-ring (bicyclic) bond motifs is 1. The van der Waals surface area contributed by atoms with Crippen LogP contribution in [-0.2, 0) is 11.3 Å². The van der Waals surface area contributed by atoms with Crippen molar-refractivity contribution in [1.82, 2.24) is 20.1 Å². The summed E-state index contributed by atoms with van der Waals surface area (Å²) in [7, 11) is 0. The summed E-state index contributed by atoms with van der Waals surface area (Å²) in [5, 5.41) is 10.7. The lowest BCUT2D eigenvalue weighted by Crippen LogP contribution is -2.39. The normalized spacial score (nSPS) is 24.1. The fourth-order valence-electron chi connectivity index (χ4n) is 3.95. The lowest BCUT2D eigenvalue weighted by molar-refractivity contribution is -0.117. The lowest BCUT2D eigenvalue weighted by atomic mass is 9.85. The molecule has 8 heteroatoms. The van der Waals surface area contributed by atoms with Gasteiger partial charge in [-0.05, 0) is 42.9 Å². The van der Waals surface area contributed by atoms with Gasteiger partial charge in [0.05, 0.1) is 12.6 Å². The van der Waals surface area contributed by atoms with Crippen LogP contribution in [-0.4, -0.2) is 32.8 Å². The first-order valence-corrected chi connectivity index (χ1v) is 8.76. The first kappa shape index (κ1) is 20.7. The van der Waals surface area contributed by atoms with Crippen LogP contribution >= 0.6 is 24.8 Å². The fraction of sp³-hybridized carbons (Fsp3) is 0.500. The van der Waals surface area contributed by atoms with Gasteiger partial charge in [-0.25, -0.2) is 9.67 Å². The zero-order valence-corrected chi connectivity index (χ0v) is 16.1. The van der Waals surface area contributed by atoms with Crippen molar-refractivity contribution in [2.75, 3.05) is 5.32 Å². The van der Waals surface area contributed by atoms with Crippen LogP contribution in [0, 0.1) is 5.92 Å². The van der Waals surface area contributed by atoms with Crippen LogP contribution in [0.3, 0.4) is 0 Å². The molecule has 1 aromatic carbocycles. The van der Waals surface area contributed by atoms with E-state index < -0.39 is 0 Å². The van der Waals surface area contributed by atoms with Gasteiger partial charge in [0.25, 0.3) is 0 Å². The number of hydrogen-bond donors (Lipinski definition) is 2. The third-order valence-corrected chi connectivity index (χ3v) is 5.21. The SMILES string of the molecule is Cl.Cl.O=C(Nc1ccc(Cn2cncn2)cc1)C1CC2CCCCC2N1. The minimum absolute atomic E-state index is 0. The van der Waals surface area contributed by atoms with Crippen LogP contribution < -0.4 is 10.6 Å². The van der Waals surface area contributed by atoms with Gasteiger partial charge >= 0.3 is 0 Å². The molecule has 26 heavy (non-hydrogen) atoms. The Bertz CT molecular complexity index is 678. The minimum Gasteiger partial charge on any atom is -0.325 e. The summed E-state index contributed by atoms with van der Waals surface area (Å²) < 4.78 is 1.78. The summed E-state index contributed by atoms with van der Waals surface area (Å²) >= 11 is 0. The molecule has 142 valence electrons. The maximum atomic E-state index is 12.5. The molecule has 0 bridgehead atoms. The number of nitrogens with zero attached hydrogens (tertiary/aromatic N) is 3. The van der Waals surface area contributed by atoms with Crippen LogP contribution in [0.2, 0.25) is 0 Å². The van der Waals surface area contributed by atoms with Gasteiger partial charge in [-0.15, -0.1) is 24.8 Å². The molecule has 1 aromatic heterocycles. The standard InChI is InChI=1S/C18H23N5O.2ClH/c24-18(17-9-14-3-1-2-4-16(14)22-17)21-15-7-5-13(6-8-15)10-23-12-19-11-20-23;;/h5-8,11-12,14,16-17,22H,1-4,9-10H2,(H,21,24);2*1H. The number of hydrogen-bond acceptors (Lipinski definition) is 4. The molecule has 0 spiro atoms. The third-order valence-electron chi connectivity index (χ3n) is 5.21. The van der Waals surface area contributed by atoms with E-state index in [4.69, 9.17) is 0 Å². The van der Waals surface area contributed by atoms with Crippen molar-refractivity contribution in [1.29, 1.82) is 0 Å². The van der Waals surface area contributed by atoms with Crippen LogP contribution in [0.15, 0.2) is 36.9 Å². The van der Waals surface area contributed by atoms with Crippen molar-refractivity contribution in [2.45, 2.75) is 50.7 Å². The molecule has 2 aliphatic rings. The van der Waals surface area contributed by atoms with Crippen molar-refractivity contribution in [3.63, 3.8) is 0 Å². The van der Waals surface area contributed by atoms with Crippen LogP contribution in [0.25, 0.3) is 0 Å². The minimum atomic E-state index is -0.0482. The van der Waals surface area contributed by atoms with E-state index in [1.165, 1.54) is 32.0 Å². The quantitative estimate of drug-likeness (QED) is 0.831. The van der Waals surface area contributed by atoms with E-state index in [0.29, 0.717) is 18.5 Å². The van der Waals surface area contributed by atoms with Crippen LogP contribution in [0.4, 0.5) is 5.69 Å². The predicted octanol–water partition coefficient (Wildman–Crippen LogP) is 3.03. The molecule has 0 radical (unpaired) electrons. The number of carbonyl (C=O) groups is 1. The van der Waals surface area contributed by atoms with Gasteiger partial charge in [0.2, 0.25) is 5.91 Å². The van der Waals surface area contributed by atoms with Gasteiger partial charge in [0.15, 0.2) is 0 Å².